The lowest BCUT2D eigenvalue weighted by Crippen LogP contribution is -2.36. The molecule has 0 spiro atoms. The van der Waals surface area contributed by atoms with Gasteiger partial charge in [0.05, 0.1) is 5.69 Å². The fourth-order valence-corrected chi connectivity index (χ4v) is 4.09. The monoisotopic (exact) mass is 402 g/mol. The topological polar surface area (TPSA) is 55.1 Å². The molecule has 0 unspecified atom stereocenters. The summed E-state index contributed by atoms with van der Waals surface area (Å²) in [7, 11) is 0. The molecule has 1 aromatic rings. The number of para-hydroxylation sites is 1. The standard InChI is InChI=1S/C15H20Br2N2O/c16-11-5-4-6-12(17)14(11)19-13(20)9-15(10-18)7-2-1-3-8-15/h4-6H,1-3,7-10,18H2,(H,19,20). The van der Waals surface area contributed by atoms with Crippen LogP contribution in [0.25, 0.3) is 0 Å². The largest absolute Gasteiger partial charge is 0.330 e. The van der Waals surface area contributed by atoms with E-state index in [0.717, 1.165) is 27.5 Å². The van der Waals surface area contributed by atoms with Crippen LogP contribution in [0.1, 0.15) is 38.5 Å². The summed E-state index contributed by atoms with van der Waals surface area (Å²) < 4.78 is 1.76. The van der Waals surface area contributed by atoms with Gasteiger partial charge in [0.15, 0.2) is 0 Å². The van der Waals surface area contributed by atoms with Crippen molar-refractivity contribution in [3.05, 3.63) is 27.1 Å². The zero-order chi connectivity index (χ0) is 14.6. The Morgan fingerprint density at radius 1 is 1.20 bits per heavy atom. The van der Waals surface area contributed by atoms with Crippen LogP contribution in [0.4, 0.5) is 5.69 Å². The summed E-state index contributed by atoms with van der Waals surface area (Å²) in [6.07, 6.45) is 6.27. The second kappa shape index (κ2) is 7.05. The van der Waals surface area contributed by atoms with Crippen molar-refractivity contribution in [2.75, 3.05) is 11.9 Å². The first-order valence-electron chi connectivity index (χ1n) is 7.00. The van der Waals surface area contributed by atoms with Crippen molar-refractivity contribution in [2.24, 2.45) is 11.1 Å². The molecule has 1 amide bonds. The van der Waals surface area contributed by atoms with Crippen molar-refractivity contribution in [1.82, 2.24) is 0 Å². The summed E-state index contributed by atoms with van der Waals surface area (Å²) in [6, 6.07) is 5.76. The van der Waals surface area contributed by atoms with Crippen molar-refractivity contribution < 1.29 is 4.79 Å². The third-order valence-electron chi connectivity index (χ3n) is 4.11. The molecule has 3 nitrogen and oxygen atoms in total. The van der Waals surface area contributed by atoms with Gasteiger partial charge in [-0.2, -0.15) is 0 Å². The second-order valence-corrected chi connectivity index (χ2v) is 7.30. The summed E-state index contributed by atoms with van der Waals surface area (Å²) in [6.45, 7) is 0.595. The molecule has 20 heavy (non-hydrogen) atoms. The normalized spacial score (nSPS) is 17.8. The Balaban J connectivity index is 2.05. The number of carbonyl (C=O) groups is 1. The van der Waals surface area contributed by atoms with Crippen molar-refractivity contribution in [3.63, 3.8) is 0 Å². The van der Waals surface area contributed by atoms with Gasteiger partial charge in [0, 0.05) is 15.4 Å². The zero-order valence-corrected chi connectivity index (χ0v) is 14.6. The molecule has 1 fully saturated rings. The molecule has 1 aliphatic carbocycles. The number of anilines is 1. The molecule has 0 bridgehead atoms. The van der Waals surface area contributed by atoms with E-state index in [1.165, 1.54) is 19.3 Å². The number of hydrogen-bond donors (Lipinski definition) is 2. The molecule has 110 valence electrons. The molecule has 1 aromatic carbocycles. The van der Waals surface area contributed by atoms with Gasteiger partial charge in [0.25, 0.3) is 0 Å². The SMILES string of the molecule is NCC1(CC(=O)Nc2c(Br)cccc2Br)CCCCC1. The first-order chi connectivity index (χ1) is 9.56. The van der Waals surface area contributed by atoms with Crippen molar-refractivity contribution in [3.8, 4) is 0 Å². The van der Waals surface area contributed by atoms with E-state index < -0.39 is 0 Å². The highest BCUT2D eigenvalue weighted by molar-refractivity contribution is 9.11. The van der Waals surface area contributed by atoms with Gasteiger partial charge in [0.2, 0.25) is 5.91 Å². The van der Waals surface area contributed by atoms with Crippen LogP contribution in [-0.2, 0) is 4.79 Å². The lowest BCUT2D eigenvalue weighted by molar-refractivity contribution is -0.118. The Morgan fingerprint density at radius 2 is 1.80 bits per heavy atom. The van der Waals surface area contributed by atoms with Gasteiger partial charge >= 0.3 is 0 Å². The number of carbonyl (C=O) groups excluding carboxylic acids is 1. The maximum Gasteiger partial charge on any atom is 0.225 e. The average molecular weight is 404 g/mol. The summed E-state index contributed by atoms with van der Waals surface area (Å²) in [4.78, 5) is 12.3. The predicted octanol–water partition coefficient (Wildman–Crippen LogP) is 4.45. The number of rotatable bonds is 4. The van der Waals surface area contributed by atoms with Crippen molar-refractivity contribution >= 4 is 43.5 Å². The van der Waals surface area contributed by atoms with Gasteiger partial charge in [0.1, 0.15) is 0 Å². The summed E-state index contributed by atoms with van der Waals surface area (Å²) in [5, 5.41) is 3.00. The van der Waals surface area contributed by atoms with Crippen molar-refractivity contribution in [1.29, 1.82) is 0 Å². The molecule has 5 heteroatoms. The highest BCUT2D eigenvalue weighted by Gasteiger charge is 2.33. The fraction of sp³-hybridized carbons (Fsp3) is 0.533. The fourth-order valence-electron chi connectivity index (χ4n) is 2.90. The Hall–Kier alpha value is -0.390. The van der Waals surface area contributed by atoms with E-state index >= 15 is 0 Å². The first kappa shape index (κ1) is 16.0. The van der Waals surface area contributed by atoms with Crippen LogP contribution in [0.5, 0.6) is 0 Å². The minimum Gasteiger partial charge on any atom is -0.330 e. The third kappa shape index (κ3) is 3.83. The van der Waals surface area contributed by atoms with Crippen LogP contribution < -0.4 is 11.1 Å². The average Bonchev–Trinajstić information content (AvgIpc) is 2.44. The molecule has 0 saturated heterocycles. The lowest BCUT2D eigenvalue weighted by atomic mass is 9.71. The summed E-state index contributed by atoms with van der Waals surface area (Å²) in [5.41, 5.74) is 6.73. The van der Waals surface area contributed by atoms with E-state index in [0.29, 0.717) is 13.0 Å². The van der Waals surface area contributed by atoms with Gasteiger partial charge in [-0.1, -0.05) is 25.3 Å². The molecule has 0 radical (unpaired) electrons. The molecule has 0 aromatic heterocycles. The van der Waals surface area contributed by atoms with Crippen LogP contribution in [0.2, 0.25) is 0 Å². The minimum absolute atomic E-state index is 0.00390. The van der Waals surface area contributed by atoms with E-state index in [9.17, 15) is 4.79 Å². The highest BCUT2D eigenvalue weighted by atomic mass is 79.9. The van der Waals surface area contributed by atoms with Crippen molar-refractivity contribution in [2.45, 2.75) is 38.5 Å². The maximum atomic E-state index is 12.3. The molecular weight excluding hydrogens is 384 g/mol. The minimum atomic E-state index is -0.00390. The van der Waals surface area contributed by atoms with Crippen LogP contribution in [0, 0.1) is 5.41 Å². The lowest BCUT2D eigenvalue weighted by Gasteiger charge is -2.35. The van der Waals surface area contributed by atoms with Crippen LogP contribution in [0.3, 0.4) is 0 Å². The van der Waals surface area contributed by atoms with E-state index in [-0.39, 0.29) is 11.3 Å². The Labute approximate surface area is 136 Å². The molecule has 0 atom stereocenters. The van der Waals surface area contributed by atoms with Gasteiger partial charge in [-0.3, -0.25) is 4.79 Å². The highest BCUT2D eigenvalue weighted by Crippen LogP contribution is 2.39. The Bertz CT molecular complexity index is 465. The Morgan fingerprint density at radius 3 is 2.35 bits per heavy atom. The summed E-state index contributed by atoms with van der Waals surface area (Å²) >= 11 is 6.92. The van der Waals surface area contributed by atoms with E-state index in [1.54, 1.807) is 0 Å². The van der Waals surface area contributed by atoms with Crippen LogP contribution in [-0.4, -0.2) is 12.5 Å². The third-order valence-corrected chi connectivity index (χ3v) is 5.43. The number of hydrogen-bond acceptors (Lipinski definition) is 2. The Kier molecular flexibility index (Phi) is 5.64. The molecule has 1 saturated carbocycles. The number of benzene rings is 1. The van der Waals surface area contributed by atoms with E-state index in [1.807, 2.05) is 18.2 Å². The number of halogens is 2. The van der Waals surface area contributed by atoms with E-state index in [4.69, 9.17) is 5.73 Å². The first-order valence-corrected chi connectivity index (χ1v) is 8.59. The predicted molar refractivity (Wildman–Crippen MR) is 89.7 cm³/mol. The number of nitrogens with one attached hydrogen (secondary N) is 1. The molecule has 1 aliphatic rings. The summed E-state index contributed by atoms with van der Waals surface area (Å²) in [5.74, 6) is 0.0463. The smallest absolute Gasteiger partial charge is 0.225 e. The maximum absolute atomic E-state index is 12.3. The van der Waals surface area contributed by atoms with Gasteiger partial charge < -0.3 is 11.1 Å². The van der Waals surface area contributed by atoms with E-state index in [2.05, 4.69) is 37.2 Å². The molecule has 0 heterocycles. The van der Waals surface area contributed by atoms with Crippen LogP contribution in [0.15, 0.2) is 27.1 Å². The second-order valence-electron chi connectivity index (χ2n) is 5.59. The molecular formula is C15H20Br2N2O. The van der Waals surface area contributed by atoms with Gasteiger partial charge in [-0.15, -0.1) is 0 Å². The van der Waals surface area contributed by atoms with Gasteiger partial charge in [-0.05, 0) is 68.8 Å². The molecule has 2 rings (SSSR count). The van der Waals surface area contributed by atoms with Gasteiger partial charge in [-0.25, -0.2) is 0 Å². The van der Waals surface area contributed by atoms with Crippen LogP contribution >= 0.6 is 31.9 Å². The molecule has 0 aliphatic heterocycles. The quantitative estimate of drug-likeness (QED) is 0.780. The zero-order valence-electron chi connectivity index (χ0n) is 11.4. The number of nitrogens with two attached hydrogens (primary N) is 1. The number of amides is 1. The molecule has 3 N–H and O–H groups in total.